The summed E-state index contributed by atoms with van der Waals surface area (Å²) in [6.45, 7) is 0. The van der Waals surface area contributed by atoms with E-state index >= 15 is 0 Å². The molecule has 21 heavy (non-hydrogen) atoms. The molecule has 0 aliphatic carbocycles. The molecule has 0 saturated carbocycles. The Morgan fingerprint density at radius 2 is 2.10 bits per heavy atom. The Bertz CT molecular complexity index is 815. The normalized spacial score (nSPS) is 10.8. The van der Waals surface area contributed by atoms with E-state index in [0.717, 1.165) is 22.3 Å². The fraction of sp³-hybridized carbons (Fsp3) is 0.0625. The highest BCUT2D eigenvalue weighted by Gasteiger charge is 2.12. The summed E-state index contributed by atoms with van der Waals surface area (Å²) in [7, 11) is 0. The van der Waals surface area contributed by atoms with Gasteiger partial charge in [0, 0.05) is 12.3 Å². The predicted molar refractivity (Wildman–Crippen MR) is 78.9 cm³/mol. The van der Waals surface area contributed by atoms with Gasteiger partial charge in [0.05, 0.1) is 11.5 Å². The third-order valence-corrected chi connectivity index (χ3v) is 3.00. The van der Waals surface area contributed by atoms with E-state index in [2.05, 4.69) is 15.0 Å². The van der Waals surface area contributed by atoms with Gasteiger partial charge in [-0.05, 0) is 24.1 Å². The minimum atomic E-state index is 0.507. The van der Waals surface area contributed by atoms with Gasteiger partial charge in [-0.1, -0.05) is 24.3 Å². The highest BCUT2D eigenvalue weighted by atomic mass is 16.5. The molecule has 2 heterocycles. The standard InChI is InChI=1S/C16H12N4O/c17-9-5-4-6-12-10-18-15-14(12)16(20-11-19-15)21-13-7-2-1-3-8-13/h1-5,7-8,10-11H,6H2,(H,18,19,20)/b5-4+. The molecule has 0 fully saturated rings. The minimum absolute atomic E-state index is 0.507. The highest BCUT2D eigenvalue weighted by Crippen LogP contribution is 2.29. The van der Waals surface area contributed by atoms with Crippen LogP contribution < -0.4 is 4.74 Å². The van der Waals surface area contributed by atoms with Crippen LogP contribution in [0.25, 0.3) is 11.0 Å². The smallest absolute Gasteiger partial charge is 0.232 e. The second-order valence-corrected chi connectivity index (χ2v) is 4.37. The van der Waals surface area contributed by atoms with Crippen LogP contribution in [0.4, 0.5) is 0 Å². The molecule has 5 heteroatoms. The van der Waals surface area contributed by atoms with Crippen LogP contribution in [0, 0.1) is 11.3 Å². The van der Waals surface area contributed by atoms with Crippen molar-refractivity contribution in [3.63, 3.8) is 0 Å². The molecule has 0 saturated heterocycles. The summed E-state index contributed by atoms with van der Waals surface area (Å²) in [4.78, 5) is 11.5. The van der Waals surface area contributed by atoms with Crippen LogP contribution in [0.3, 0.4) is 0 Å². The summed E-state index contributed by atoms with van der Waals surface area (Å²) >= 11 is 0. The van der Waals surface area contributed by atoms with E-state index < -0.39 is 0 Å². The van der Waals surface area contributed by atoms with Crippen molar-refractivity contribution >= 4 is 11.0 Å². The van der Waals surface area contributed by atoms with Crippen molar-refractivity contribution in [3.05, 3.63) is 60.6 Å². The molecule has 3 rings (SSSR count). The molecule has 0 aliphatic rings. The molecule has 0 amide bonds. The summed E-state index contributed by atoms with van der Waals surface area (Å²) in [5.41, 5.74) is 1.71. The number of allylic oxidation sites excluding steroid dienone is 2. The number of benzene rings is 1. The van der Waals surface area contributed by atoms with Gasteiger partial charge in [-0.15, -0.1) is 0 Å². The molecule has 3 aromatic rings. The van der Waals surface area contributed by atoms with E-state index in [4.69, 9.17) is 10.00 Å². The van der Waals surface area contributed by atoms with Crippen molar-refractivity contribution in [2.45, 2.75) is 6.42 Å². The first kappa shape index (κ1) is 12.9. The lowest BCUT2D eigenvalue weighted by Gasteiger charge is -2.06. The van der Waals surface area contributed by atoms with Crippen LogP contribution in [0.2, 0.25) is 0 Å². The van der Waals surface area contributed by atoms with Crippen molar-refractivity contribution in [1.82, 2.24) is 15.0 Å². The molecule has 0 unspecified atom stereocenters. The lowest BCUT2D eigenvalue weighted by Crippen LogP contribution is -1.91. The Morgan fingerprint density at radius 3 is 2.90 bits per heavy atom. The number of hydrogen-bond acceptors (Lipinski definition) is 4. The molecule has 1 N–H and O–H groups in total. The summed E-state index contributed by atoms with van der Waals surface area (Å²) in [5, 5.41) is 9.40. The van der Waals surface area contributed by atoms with Gasteiger partial charge in [0.1, 0.15) is 17.7 Å². The number of rotatable bonds is 4. The Kier molecular flexibility index (Phi) is 3.61. The molecular formula is C16H12N4O. The summed E-state index contributed by atoms with van der Waals surface area (Å²) in [6.07, 6.45) is 7.19. The van der Waals surface area contributed by atoms with Crippen molar-refractivity contribution in [2.75, 3.05) is 0 Å². The number of nitrogens with one attached hydrogen (secondary N) is 1. The number of ether oxygens (including phenoxy) is 1. The first-order valence-electron chi connectivity index (χ1n) is 6.47. The molecule has 0 aliphatic heterocycles. The molecule has 5 nitrogen and oxygen atoms in total. The number of nitriles is 1. The van der Waals surface area contributed by atoms with Gasteiger partial charge in [0.25, 0.3) is 0 Å². The fourth-order valence-electron chi connectivity index (χ4n) is 2.07. The average molecular weight is 276 g/mol. The number of nitrogens with zero attached hydrogens (tertiary/aromatic N) is 3. The molecule has 0 radical (unpaired) electrons. The molecule has 0 atom stereocenters. The summed E-state index contributed by atoms with van der Waals surface area (Å²) in [5.74, 6) is 1.23. The van der Waals surface area contributed by atoms with Gasteiger partial charge in [-0.25, -0.2) is 9.97 Å². The van der Waals surface area contributed by atoms with Gasteiger partial charge < -0.3 is 9.72 Å². The van der Waals surface area contributed by atoms with E-state index in [9.17, 15) is 0 Å². The van der Waals surface area contributed by atoms with Crippen LogP contribution in [0.5, 0.6) is 11.6 Å². The molecule has 102 valence electrons. The zero-order valence-electron chi connectivity index (χ0n) is 11.2. The van der Waals surface area contributed by atoms with Crippen LogP contribution >= 0.6 is 0 Å². The third kappa shape index (κ3) is 2.74. The maximum atomic E-state index is 8.56. The number of aromatic nitrogens is 3. The third-order valence-electron chi connectivity index (χ3n) is 3.00. The van der Waals surface area contributed by atoms with E-state index in [-0.39, 0.29) is 0 Å². The summed E-state index contributed by atoms with van der Waals surface area (Å²) in [6, 6.07) is 11.5. The van der Waals surface area contributed by atoms with Gasteiger partial charge in [0.15, 0.2) is 0 Å². The number of hydrogen-bond donors (Lipinski definition) is 1. The van der Waals surface area contributed by atoms with Gasteiger partial charge in [-0.2, -0.15) is 5.26 Å². The number of aromatic amines is 1. The maximum absolute atomic E-state index is 8.56. The van der Waals surface area contributed by atoms with Crippen LogP contribution in [-0.2, 0) is 6.42 Å². The van der Waals surface area contributed by atoms with E-state index in [1.165, 1.54) is 12.4 Å². The monoisotopic (exact) mass is 276 g/mol. The second-order valence-electron chi connectivity index (χ2n) is 4.37. The van der Waals surface area contributed by atoms with Gasteiger partial charge in [-0.3, -0.25) is 0 Å². The van der Waals surface area contributed by atoms with Crippen molar-refractivity contribution < 1.29 is 4.74 Å². The Morgan fingerprint density at radius 1 is 1.24 bits per heavy atom. The van der Waals surface area contributed by atoms with E-state index in [1.54, 1.807) is 6.08 Å². The van der Waals surface area contributed by atoms with Crippen molar-refractivity contribution in [3.8, 4) is 17.7 Å². The number of para-hydroxylation sites is 1. The van der Waals surface area contributed by atoms with Crippen LogP contribution in [0.1, 0.15) is 5.56 Å². The van der Waals surface area contributed by atoms with E-state index in [1.807, 2.05) is 42.6 Å². The lowest BCUT2D eigenvalue weighted by molar-refractivity contribution is 0.468. The topological polar surface area (TPSA) is 74.6 Å². The molecule has 2 aromatic heterocycles. The maximum Gasteiger partial charge on any atom is 0.232 e. The van der Waals surface area contributed by atoms with Crippen molar-refractivity contribution in [2.24, 2.45) is 0 Å². The highest BCUT2D eigenvalue weighted by molar-refractivity contribution is 5.85. The molecular weight excluding hydrogens is 264 g/mol. The number of fused-ring (bicyclic) bond motifs is 1. The number of H-pyrrole nitrogens is 1. The fourth-order valence-corrected chi connectivity index (χ4v) is 2.07. The Balaban J connectivity index is 2.00. The van der Waals surface area contributed by atoms with Gasteiger partial charge >= 0.3 is 0 Å². The van der Waals surface area contributed by atoms with Crippen LogP contribution in [0.15, 0.2) is 55.0 Å². The quantitative estimate of drug-likeness (QED) is 0.741. The minimum Gasteiger partial charge on any atom is -0.438 e. The van der Waals surface area contributed by atoms with Crippen molar-refractivity contribution in [1.29, 1.82) is 5.26 Å². The first-order chi connectivity index (χ1) is 10.4. The van der Waals surface area contributed by atoms with E-state index in [0.29, 0.717) is 12.3 Å². The average Bonchev–Trinajstić information content (AvgIpc) is 2.93. The molecule has 0 bridgehead atoms. The zero-order valence-corrected chi connectivity index (χ0v) is 11.2. The zero-order chi connectivity index (χ0) is 14.5. The second kappa shape index (κ2) is 5.88. The summed E-state index contributed by atoms with van der Waals surface area (Å²) < 4.78 is 5.84. The Hall–Kier alpha value is -3.13. The van der Waals surface area contributed by atoms with Gasteiger partial charge in [0.2, 0.25) is 5.88 Å². The molecule has 1 aromatic carbocycles. The Labute approximate surface area is 121 Å². The SMILES string of the molecule is N#C/C=C/Cc1c[nH]c2ncnc(Oc3ccccc3)c12. The lowest BCUT2D eigenvalue weighted by atomic mass is 10.1. The first-order valence-corrected chi connectivity index (χ1v) is 6.47. The van der Waals surface area contributed by atoms with Crippen LogP contribution in [-0.4, -0.2) is 15.0 Å². The predicted octanol–water partition coefficient (Wildman–Crippen LogP) is 3.37. The largest absolute Gasteiger partial charge is 0.438 e. The molecule has 0 spiro atoms.